The molecule has 8 nitrogen and oxygen atoms in total. The first-order valence-corrected chi connectivity index (χ1v) is 9.88. The SMILES string of the molecule is COc1ccc(-n2ncc3c(=O)n(CC(=O)N4[C@@H](C)CCC[C@@H]4C)cnc32)cc1. The maximum Gasteiger partial charge on any atom is 0.264 e. The summed E-state index contributed by atoms with van der Waals surface area (Å²) in [6.45, 7) is 4.12. The number of hydrogen-bond donors (Lipinski definition) is 0. The lowest BCUT2D eigenvalue weighted by molar-refractivity contribution is -0.138. The van der Waals surface area contributed by atoms with E-state index in [1.54, 1.807) is 11.8 Å². The molecule has 1 aliphatic heterocycles. The zero-order chi connectivity index (χ0) is 20.5. The molecule has 1 saturated heterocycles. The number of amides is 1. The van der Waals surface area contributed by atoms with Crippen LogP contribution in [0.1, 0.15) is 33.1 Å². The van der Waals surface area contributed by atoms with Gasteiger partial charge in [-0.2, -0.15) is 5.10 Å². The fourth-order valence-corrected chi connectivity index (χ4v) is 4.11. The van der Waals surface area contributed by atoms with E-state index in [4.69, 9.17) is 4.74 Å². The molecule has 0 radical (unpaired) electrons. The van der Waals surface area contributed by atoms with Gasteiger partial charge in [-0.3, -0.25) is 14.2 Å². The number of fused-ring (bicyclic) bond motifs is 1. The molecule has 1 aliphatic rings. The van der Waals surface area contributed by atoms with Gasteiger partial charge in [0.1, 0.15) is 24.0 Å². The highest BCUT2D eigenvalue weighted by atomic mass is 16.5. The first-order valence-electron chi connectivity index (χ1n) is 9.88. The van der Waals surface area contributed by atoms with Crippen LogP contribution in [0.3, 0.4) is 0 Å². The minimum atomic E-state index is -0.263. The summed E-state index contributed by atoms with van der Waals surface area (Å²) in [5, 5.41) is 4.71. The Morgan fingerprint density at radius 1 is 1.17 bits per heavy atom. The van der Waals surface area contributed by atoms with E-state index >= 15 is 0 Å². The second-order valence-electron chi connectivity index (χ2n) is 7.60. The summed E-state index contributed by atoms with van der Waals surface area (Å²) in [6, 6.07) is 7.73. The summed E-state index contributed by atoms with van der Waals surface area (Å²) in [6.07, 6.45) is 6.06. The molecule has 3 heterocycles. The zero-order valence-electron chi connectivity index (χ0n) is 16.9. The molecule has 0 aliphatic carbocycles. The molecule has 29 heavy (non-hydrogen) atoms. The van der Waals surface area contributed by atoms with Gasteiger partial charge in [0.05, 0.1) is 19.0 Å². The van der Waals surface area contributed by atoms with Gasteiger partial charge >= 0.3 is 0 Å². The average molecular weight is 395 g/mol. The molecule has 0 saturated carbocycles. The predicted molar refractivity (Wildman–Crippen MR) is 109 cm³/mol. The Morgan fingerprint density at radius 3 is 2.52 bits per heavy atom. The molecule has 2 atom stereocenters. The van der Waals surface area contributed by atoms with Gasteiger partial charge in [-0.15, -0.1) is 0 Å². The third kappa shape index (κ3) is 3.50. The molecular weight excluding hydrogens is 370 g/mol. The molecule has 152 valence electrons. The molecule has 1 aromatic carbocycles. The minimum absolute atomic E-state index is 0.00975. The fourth-order valence-electron chi connectivity index (χ4n) is 4.11. The summed E-state index contributed by atoms with van der Waals surface area (Å²) in [5.74, 6) is 0.690. The van der Waals surface area contributed by atoms with E-state index in [0.717, 1.165) is 30.7 Å². The van der Waals surface area contributed by atoms with E-state index in [-0.39, 0.29) is 30.1 Å². The van der Waals surface area contributed by atoms with E-state index in [0.29, 0.717) is 11.0 Å². The number of benzene rings is 1. The van der Waals surface area contributed by atoms with Crippen LogP contribution in [0.2, 0.25) is 0 Å². The number of ether oxygens (including phenoxy) is 1. The number of hydrogen-bond acceptors (Lipinski definition) is 5. The van der Waals surface area contributed by atoms with Crippen molar-refractivity contribution in [1.82, 2.24) is 24.2 Å². The zero-order valence-corrected chi connectivity index (χ0v) is 16.9. The van der Waals surface area contributed by atoms with E-state index in [1.165, 1.54) is 17.1 Å². The lowest BCUT2D eigenvalue weighted by Crippen LogP contribution is -2.49. The summed E-state index contributed by atoms with van der Waals surface area (Å²) in [5.41, 5.74) is 0.974. The van der Waals surface area contributed by atoms with E-state index in [9.17, 15) is 9.59 Å². The second-order valence-corrected chi connectivity index (χ2v) is 7.60. The molecule has 1 amide bonds. The molecule has 0 bridgehead atoms. The number of likely N-dealkylation sites (tertiary alicyclic amines) is 1. The van der Waals surface area contributed by atoms with Crippen molar-refractivity contribution in [1.29, 1.82) is 0 Å². The Bertz CT molecular complexity index is 1080. The molecule has 3 aromatic rings. The van der Waals surface area contributed by atoms with Crippen molar-refractivity contribution < 1.29 is 9.53 Å². The van der Waals surface area contributed by atoms with Gasteiger partial charge in [-0.25, -0.2) is 9.67 Å². The Kier molecular flexibility index (Phi) is 5.08. The van der Waals surface area contributed by atoms with Crippen LogP contribution in [0, 0.1) is 0 Å². The van der Waals surface area contributed by atoms with Crippen molar-refractivity contribution in [2.24, 2.45) is 0 Å². The van der Waals surface area contributed by atoms with Crippen LogP contribution in [0.4, 0.5) is 0 Å². The number of piperidine rings is 1. The van der Waals surface area contributed by atoms with Gasteiger partial charge < -0.3 is 9.64 Å². The highest BCUT2D eigenvalue weighted by Gasteiger charge is 2.29. The Morgan fingerprint density at radius 2 is 1.86 bits per heavy atom. The third-order valence-electron chi connectivity index (χ3n) is 5.66. The van der Waals surface area contributed by atoms with Gasteiger partial charge in [-0.1, -0.05) is 0 Å². The predicted octanol–water partition coefficient (Wildman–Crippen LogP) is 2.38. The number of carbonyl (C=O) groups is 1. The van der Waals surface area contributed by atoms with Crippen molar-refractivity contribution in [3.63, 3.8) is 0 Å². The molecule has 8 heteroatoms. The Balaban J connectivity index is 1.63. The topological polar surface area (TPSA) is 82.2 Å². The third-order valence-corrected chi connectivity index (χ3v) is 5.66. The Labute approximate surface area is 168 Å². The minimum Gasteiger partial charge on any atom is -0.497 e. The van der Waals surface area contributed by atoms with Crippen LogP contribution in [0.25, 0.3) is 16.7 Å². The summed E-state index contributed by atoms with van der Waals surface area (Å²) < 4.78 is 8.16. The maximum absolute atomic E-state index is 12.9. The van der Waals surface area contributed by atoms with Crippen molar-refractivity contribution in [3.8, 4) is 11.4 Å². The maximum atomic E-state index is 12.9. The van der Waals surface area contributed by atoms with Crippen LogP contribution in [-0.2, 0) is 11.3 Å². The smallest absolute Gasteiger partial charge is 0.264 e. The van der Waals surface area contributed by atoms with Crippen molar-refractivity contribution in [2.45, 2.75) is 51.7 Å². The highest BCUT2D eigenvalue weighted by Crippen LogP contribution is 2.23. The van der Waals surface area contributed by atoms with Crippen molar-refractivity contribution >= 4 is 16.9 Å². The monoisotopic (exact) mass is 395 g/mol. The molecule has 0 N–H and O–H groups in total. The van der Waals surface area contributed by atoms with Crippen LogP contribution in [0.5, 0.6) is 5.75 Å². The van der Waals surface area contributed by atoms with Gasteiger partial charge in [0.15, 0.2) is 5.65 Å². The van der Waals surface area contributed by atoms with Crippen LogP contribution in [0.15, 0.2) is 41.6 Å². The molecule has 1 fully saturated rings. The van der Waals surface area contributed by atoms with E-state index in [1.807, 2.05) is 29.2 Å². The first-order chi connectivity index (χ1) is 14.0. The fraction of sp³-hybridized carbons (Fsp3) is 0.429. The summed E-state index contributed by atoms with van der Waals surface area (Å²) >= 11 is 0. The average Bonchev–Trinajstić information content (AvgIpc) is 3.15. The Hall–Kier alpha value is -3.16. The van der Waals surface area contributed by atoms with Crippen molar-refractivity contribution in [3.05, 3.63) is 47.1 Å². The number of methoxy groups -OCH3 is 1. The van der Waals surface area contributed by atoms with Gasteiger partial charge in [0.25, 0.3) is 5.56 Å². The second kappa shape index (κ2) is 7.69. The molecule has 2 aromatic heterocycles. The standard InChI is InChI=1S/C21H25N5O3/c1-14-5-4-6-15(2)25(14)19(27)12-24-13-22-20-18(21(24)28)11-23-26(20)16-7-9-17(29-3)10-8-16/h7-11,13-15H,4-6,12H2,1-3H3/t14-,15-/m0/s1. The van der Waals surface area contributed by atoms with Gasteiger partial charge in [0, 0.05) is 12.1 Å². The van der Waals surface area contributed by atoms with Crippen LogP contribution >= 0.6 is 0 Å². The normalized spacial score (nSPS) is 19.5. The first kappa shape index (κ1) is 19.2. The lowest BCUT2D eigenvalue weighted by atomic mass is 9.97. The molecule has 0 unspecified atom stereocenters. The molecular formula is C21H25N5O3. The highest BCUT2D eigenvalue weighted by molar-refractivity contribution is 5.78. The lowest BCUT2D eigenvalue weighted by Gasteiger charge is -2.39. The summed E-state index contributed by atoms with van der Waals surface area (Å²) in [4.78, 5) is 32.1. The number of nitrogens with zero attached hydrogens (tertiary/aromatic N) is 5. The number of aromatic nitrogens is 4. The number of rotatable bonds is 4. The van der Waals surface area contributed by atoms with Gasteiger partial charge in [0.2, 0.25) is 5.91 Å². The van der Waals surface area contributed by atoms with Crippen LogP contribution < -0.4 is 10.3 Å². The van der Waals surface area contributed by atoms with E-state index in [2.05, 4.69) is 23.9 Å². The molecule has 0 spiro atoms. The quantitative estimate of drug-likeness (QED) is 0.677. The van der Waals surface area contributed by atoms with Crippen molar-refractivity contribution in [2.75, 3.05) is 7.11 Å². The van der Waals surface area contributed by atoms with Crippen LogP contribution in [-0.4, -0.2) is 49.3 Å². The van der Waals surface area contributed by atoms with E-state index < -0.39 is 0 Å². The molecule has 4 rings (SSSR count). The largest absolute Gasteiger partial charge is 0.497 e. The van der Waals surface area contributed by atoms with Gasteiger partial charge in [-0.05, 0) is 57.4 Å². The summed E-state index contributed by atoms with van der Waals surface area (Å²) in [7, 11) is 1.61. The number of carbonyl (C=O) groups excluding carboxylic acids is 1.